The number of aryl methyl sites for hydroxylation is 4. The van der Waals surface area contributed by atoms with Crippen molar-refractivity contribution in [3.63, 3.8) is 0 Å². The number of hydrogen-bond donors (Lipinski definition) is 6. The van der Waals surface area contributed by atoms with Crippen LogP contribution in [-0.2, 0) is 41.3 Å². The first kappa shape index (κ1) is 70.7. The fourth-order valence-electron chi connectivity index (χ4n) is 10.4. The molecule has 0 unspecified atom stereocenters. The first-order valence-corrected chi connectivity index (χ1v) is 28.1. The van der Waals surface area contributed by atoms with Gasteiger partial charge >= 0.3 is 61.2 Å². The number of fused-ring (bicyclic) bond motifs is 2. The number of benzene rings is 4. The molecule has 4 aromatic carbocycles. The zero-order chi connectivity index (χ0) is 65.0. The average Bonchev–Trinajstić information content (AvgIpc) is 1.08. The molecule has 8 atom stereocenters. The van der Waals surface area contributed by atoms with Crippen LogP contribution in [-0.4, -0.2) is 147 Å². The number of ether oxygens (including phenoxy) is 8. The number of rotatable bonds is 18. The van der Waals surface area contributed by atoms with Crippen LogP contribution in [0.1, 0.15) is 111 Å². The Balaban J connectivity index is 0.000000281. The van der Waals surface area contributed by atoms with Gasteiger partial charge in [0, 0.05) is 47.2 Å². The van der Waals surface area contributed by atoms with E-state index in [0.717, 1.165) is 12.8 Å². The summed E-state index contributed by atoms with van der Waals surface area (Å²) in [6.45, 7) is 17.7. The Morgan fingerprint density at radius 3 is 1.27 bits per heavy atom. The molecule has 89 heavy (non-hydrogen) atoms. The van der Waals surface area contributed by atoms with Gasteiger partial charge in [-0.1, -0.05) is 39.2 Å². The molecule has 476 valence electrons. The van der Waals surface area contributed by atoms with E-state index in [1.54, 1.807) is 27.7 Å². The monoisotopic (exact) mass is 1260 g/mol. The van der Waals surface area contributed by atoms with Crippen molar-refractivity contribution < 1.29 is 96.5 Å². The minimum atomic E-state index is -1.78. The van der Waals surface area contributed by atoms with Crippen molar-refractivity contribution >= 4 is 95.1 Å². The average molecular weight is 1270 g/mol. The van der Waals surface area contributed by atoms with E-state index in [0.29, 0.717) is 35.8 Å². The molecule has 8 rings (SSSR count). The normalized spacial score (nSPS) is 21.0. The van der Waals surface area contributed by atoms with E-state index in [4.69, 9.17) is 58.2 Å². The van der Waals surface area contributed by atoms with Gasteiger partial charge in [0.15, 0.2) is 12.6 Å². The molecule has 8 N–H and O–H groups in total. The second kappa shape index (κ2) is 29.0. The van der Waals surface area contributed by atoms with Crippen molar-refractivity contribution in [3.8, 4) is 34.5 Å². The van der Waals surface area contributed by atoms with Gasteiger partial charge in [0.2, 0.25) is 0 Å². The van der Waals surface area contributed by atoms with Gasteiger partial charge in [-0.2, -0.15) is 0 Å². The van der Waals surface area contributed by atoms with Gasteiger partial charge in [0.1, 0.15) is 70.0 Å². The van der Waals surface area contributed by atoms with Crippen LogP contribution < -0.4 is 63.3 Å². The molecule has 0 bridgehead atoms. The Bertz CT molecular complexity index is 3480. The van der Waals surface area contributed by atoms with Crippen LogP contribution >= 0.6 is 0 Å². The molecule has 26 nitrogen and oxygen atoms in total. The summed E-state index contributed by atoms with van der Waals surface area (Å²) in [5.74, 6) is -2.04. The van der Waals surface area contributed by atoms with E-state index < -0.39 is 119 Å². The summed E-state index contributed by atoms with van der Waals surface area (Å²) in [6.07, 6.45) is -10.8. The number of amides is 4. The van der Waals surface area contributed by atoms with Crippen molar-refractivity contribution in [1.82, 2.24) is 0 Å². The van der Waals surface area contributed by atoms with Crippen molar-refractivity contribution in [3.05, 3.63) is 115 Å². The Morgan fingerprint density at radius 2 is 0.955 bits per heavy atom. The Hall–Kier alpha value is -7.40. The number of primary amides is 2. The Kier molecular flexibility index (Phi) is 23.1. The van der Waals surface area contributed by atoms with E-state index in [-0.39, 0.29) is 105 Å². The van der Waals surface area contributed by atoms with E-state index in [1.807, 2.05) is 27.7 Å². The number of anilines is 2. The summed E-state index contributed by atoms with van der Waals surface area (Å²) >= 11 is 0. The number of carbonyl (C=O) groups excluding carboxylic acids is 4. The first-order chi connectivity index (χ1) is 41.3. The van der Waals surface area contributed by atoms with Crippen molar-refractivity contribution in [2.24, 2.45) is 23.3 Å². The minimum Gasteiger partial charge on any atom is -0.870 e. The summed E-state index contributed by atoms with van der Waals surface area (Å²) < 4.78 is 55.1. The van der Waals surface area contributed by atoms with Gasteiger partial charge in [0.05, 0.1) is 11.2 Å². The standard InChI is InChI=1S/2C31H37N2O11.Ca/c2*1-14(2)7-8-16-13-17(9-11-19(16)34)27(37)33-21-22(35)18-10-12-20(15(3)24(18)42-28(21)38)41-29-23(36)25(43-30(32)39)26(40-6)31(4,5)44-29;/h2*9-14,23,25-26,29,34-35H,7-8H2,1-6H3,(H2,32,39)(H,33,37);/q2*-1;+2/p-2/t2*23-,25+,26-,29+;/m11./s1. The molecule has 2 saturated heterocycles. The SMILES string of the molecule is CO[C@@H]1[C@@H](OC(N)=O)[C@@H]([O-])[C@@H](Oc2ccc3c([O-])c(NC(=O)c4ccc(O)c(CCC(C)C)c4)c(=O)oc3c2C)OC1(C)C.CO[C@@H]1[C@@H](OC(N)=O)[C@@H]([O-])[C@@H](Oc2ccc3c([O-])c(NC(=O)c4ccc(O)c(CCC(C)C)c4)c(=O)oc3c2C)OC1(C)C.[Ca+2]. The van der Waals surface area contributed by atoms with E-state index in [2.05, 4.69) is 10.6 Å². The summed E-state index contributed by atoms with van der Waals surface area (Å²) in [5, 5.41) is 78.1. The molecule has 4 amide bonds. The van der Waals surface area contributed by atoms with E-state index in [9.17, 15) is 59.4 Å². The van der Waals surface area contributed by atoms with Gasteiger partial charge in [-0.3, -0.25) is 9.59 Å². The molecule has 2 aliphatic heterocycles. The maximum absolute atomic E-state index is 13.3. The first-order valence-electron chi connectivity index (χ1n) is 28.1. The number of phenols is 2. The second-order valence-electron chi connectivity index (χ2n) is 23.2. The number of carbonyl (C=O) groups is 4. The number of phenolic OH excluding ortho intramolecular Hbond substituents is 2. The van der Waals surface area contributed by atoms with Crippen LogP contribution in [0.4, 0.5) is 21.0 Å². The maximum Gasteiger partial charge on any atom is 2.00 e. The van der Waals surface area contributed by atoms with E-state index >= 15 is 0 Å². The summed E-state index contributed by atoms with van der Waals surface area (Å²) in [4.78, 5) is 74.8. The van der Waals surface area contributed by atoms with Crippen LogP contribution in [0.3, 0.4) is 0 Å². The molecule has 27 heteroatoms. The zero-order valence-corrected chi connectivity index (χ0v) is 53.5. The third-order valence-electron chi connectivity index (χ3n) is 15.1. The third kappa shape index (κ3) is 16.0. The van der Waals surface area contributed by atoms with Crippen LogP contribution in [0.5, 0.6) is 34.5 Å². The number of nitrogens with one attached hydrogen (secondary N) is 2. The van der Waals surface area contributed by atoms with Gasteiger partial charge in [0.25, 0.3) is 11.8 Å². The molecule has 0 aliphatic carbocycles. The quantitative estimate of drug-likeness (QED) is 0.0509. The Morgan fingerprint density at radius 1 is 0.607 bits per heavy atom. The molecular weight excluding hydrogens is 1190 g/mol. The molecule has 2 fully saturated rings. The largest absolute Gasteiger partial charge is 2.00 e. The van der Waals surface area contributed by atoms with Crippen LogP contribution in [0.2, 0.25) is 0 Å². The fourth-order valence-corrected chi connectivity index (χ4v) is 10.4. The molecule has 2 aromatic heterocycles. The van der Waals surface area contributed by atoms with Crippen molar-refractivity contribution in [1.29, 1.82) is 0 Å². The van der Waals surface area contributed by atoms with Crippen LogP contribution in [0, 0.1) is 25.7 Å². The van der Waals surface area contributed by atoms with Gasteiger partial charge < -0.3 is 99.5 Å². The predicted molar refractivity (Wildman–Crippen MR) is 315 cm³/mol. The molecule has 4 heterocycles. The predicted octanol–water partition coefficient (Wildman–Crippen LogP) is 4.51. The number of aromatic hydroxyl groups is 2. The molecule has 2 aliphatic rings. The maximum atomic E-state index is 13.3. The van der Waals surface area contributed by atoms with Crippen LogP contribution in [0.15, 0.2) is 79.1 Å². The molecular formula is C62H72CaN4O22-2. The number of hydrogen-bond acceptors (Lipinski definition) is 22. The van der Waals surface area contributed by atoms with Crippen molar-refractivity contribution in [2.45, 2.75) is 155 Å². The molecule has 0 radical (unpaired) electrons. The third-order valence-corrected chi connectivity index (χ3v) is 15.1. The summed E-state index contributed by atoms with van der Waals surface area (Å²) in [6, 6.07) is 14.0. The smallest absolute Gasteiger partial charge is 0.870 e. The molecule has 6 aromatic rings. The van der Waals surface area contributed by atoms with Crippen molar-refractivity contribution in [2.75, 3.05) is 24.9 Å². The molecule has 0 saturated carbocycles. The summed E-state index contributed by atoms with van der Waals surface area (Å²) in [7, 11) is 2.67. The topological polar surface area (TPSA) is 411 Å². The van der Waals surface area contributed by atoms with Gasteiger partial charge in [-0.15, -0.1) is 0 Å². The number of nitrogens with two attached hydrogens (primary N) is 2. The van der Waals surface area contributed by atoms with Gasteiger partial charge in [-0.05, 0) is 163 Å². The van der Waals surface area contributed by atoms with Crippen LogP contribution in [0.25, 0.3) is 21.9 Å². The van der Waals surface area contributed by atoms with Gasteiger partial charge in [-0.25, -0.2) is 19.2 Å². The zero-order valence-electron chi connectivity index (χ0n) is 51.3. The molecule has 0 spiro atoms. The fraction of sp³-hybridized carbons (Fsp3) is 0.452. The summed E-state index contributed by atoms with van der Waals surface area (Å²) in [5.41, 5.74) is 6.32. The Labute approximate surface area is 541 Å². The number of methoxy groups -OCH3 is 2. The minimum absolute atomic E-state index is 0. The van der Waals surface area contributed by atoms with E-state index in [1.165, 1.54) is 88.7 Å². The second-order valence-corrected chi connectivity index (χ2v) is 23.2.